The molecule has 0 saturated carbocycles. The van der Waals surface area contributed by atoms with Crippen LogP contribution in [-0.4, -0.2) is 18.4 Å². The van der Waals surface area contributed by atoms with E-state index in [-0.39, 0.29) is 18.4 Å². The van der Waals surface area contributed by atoms with Crippen molar-refractivity contribution in [1.29, 1.82) is 0 Å². The number of hydrogen-bond acceptors (Lipinski definition) is 2. The Morgan fingerprint density at radius 1 is 1.09 bits per heavy atom. The van der Waals surface area contributed by atoms with Crippen LogP contribution in [0.2, 0.25) is 5.02 Å². The summed E-state index contributed by atoms with van der Waals surface area (Å²) in [6.07, 6.45) is 0. The summed E-state index contributed by atoms with van der Waals surface area (Å²) in [5, 5.41) is 3.43. The summed E-state index contributed by atoms with van der Waals surface area (Å²) in [6, 6.07) is 14.7. The van der Waals surface area contributed by atoms with E-state index < -0.39 is 0 Å². The number of hydrogen-bond donors (Lipinski definition) is 1. The van der Waals surface area contributed by atoms with E-state index in [9.17, 15) is 9.59 Å². The molecule has 0 aliphatic heterocycles. The van der Waals surface area contributed by atoms with Crippen LogP contribution in [0, 0.1) is 6.92 Å². The Kier molecular flexibility index (Phi) is 5.77. The Morgan fingerprint density at radius 2 is 1.74 bits per heavy atom. The zero-order valence-corrected chi connectivity index (χ0v) is 13.9. The predicted octanol–water partition coefficient (Wildman–Crippen LogP) is 3.32. The molecule has 23 heavy (non-hydrogen) atoms. The molecule has 0 aliphatic carbocycles. The molecule has 0 unspecified atom stereocenters. The van der Waals surface area contributed by atoms with Crippen molar-refractivity contribution in [1.82, 2.24) is 5.32 Å². The Hall–Kier alpha value is -2.33. The highest BCUT2D eigenvalue weighted by Gasteiger charge is 2.15. The summed E-state index contributed by atoms with van der Waals surface area (Å²) in [4.78, 5) is 25.4. The van der Waals surface area contributed by atoms with Gasteiger partial charge >= 0.3 is 0 Å². The van der Waals surface area contributed by atoms with E-state index in [1.807, 2.05) is 31.2 Å². The van der Waals surface area contributed by atoms with Crippen LogP contribution in [0.15, 0.2) is 48.5 Å². The largest absolute Gasteiger partial charge is 0.350 e. The summed E-state index contributed by atoms with van der Waals surface area (Å²) >= 11 is 5.85. The highest BCUT2D eigenvalue weighted by Crippen LogP contribution is 2.18. The van der Waals surface area contributed by atoms with Crippen molar-refractivity contribution in [3.05, 3.63) is 64.7 Å². The number of nitrogens with zero attached hydrogens (tertiary/aromatic N) is 1. The molecule has 0 radical (unpaired) electrons. The van der Waals surface area contributed by atoms with Gasteiger partial charge in [-0.05, 0) is 42.3 Å². The fraction of sp³-hybridized carbons (Fsp3) is 0.222. The van der Waals surface area contributed by atoms with Gasteiger partial charge in [-0.15, -0.1) is 0 Å². The molecule has 0 heterocycles. The fourth-order valence-corrected chi connectivity index (χ4v) is 2.33. The van der Waals surface area contributed by atoms with Gasteiger partial charge in [-0.25, -0.2) is 0 Å². The SMILES string of the molecule is CC(=O)N(CC(=O)NCc1ccccc1C)c1ccc(Cl)cc1. The lowest BCUT2D eigenvalue weighted by Crippen LogP contribution is -2.39. The van der Waals surface area contributed by atoms with Crippen LogP contribution >= 0.6 is 11.6 Å². The van der Waals surface area contributed by atoms with E-state index in [0.29, 0.717) is 17.3 Å². The van der Waals surface area contributed by atoms with Gasteiger partial charge in [-0.2, -0.15) is 0 Å². The Bertz CT molecular complexity index is 698. The Balaban J connectivity index is 2.00. The van der Waals surface area contributed by atoms with Crippen LogP contribution < -0.4 is 10.2 Å². The zero-order chi connectivity index (χ0) is 16.8. The van der Waals surface area contributed by atoms with E-state index >= 15 is 0 Å². The van der Waals surface area contributed by atoms with Crippen LogP contribution in [-0.2, 0) is 16.1 Å². The summed E-state index contributed by atoms with van der Waals surface area (Å²) in [7, 11) is 0. The number of rotatable bonds is 5. The molecule has 4 nitrogen and oxygen atoms in total. The second-order valence-corrected chi connectivity index (χ2v) is 5.72. The van der Waals surface area contributed by atoms with Gasteiger partial charge in [-0.3, -0.25) is 9.59 Å². The van der Waals surface area contributed by atoms with Crippen molar-refractivity contribution in [3.8, 4) is 0 Å². The summed E-state index contributed by atoms with van der Waals surface area (Å²) in [6.45, 7) is 3.85. The van der Waals surface area contributed by atoms with Gasteiger partial charge in [0.05, 0.1) is 0 Å². The Labute approximate surface area is 141 Å². The number of carbonyl (C=O) groups excluding carboxylic acids is 2. The third kappa shape index (κ3) is 4.83. The maximum atomic E-state index is 12.2. The minimum absolute atomic E-state index is 0.0250. The number of nitrogens with one attached hydrogen (secondary N) is 1. The first kappa shape index (κ1) is 17.0. The van der Waals surface area contributed by atoms with Gasteiger partial charge in [0, 0.05) is 24.2 Å². The molecule has 5 heteroatoms. The second kappa shape index (κ2) is 7.79. The number of amides is 2. The molecule has 2 aromatic carbocycles. The molecule has 0 saturated heterocycles. The molecule has 0 fully saturated rings. The minimum atomic E-state index is -0.210. The van der Waals surface area contributed by atoms with E-state index in [2.05, 4.69) is 5.32 Å². The molecule has 0 aromatic heterocycles. The maximum absolute atomic E-state index is 12.2. The molecule has 2 rings (SSSR count). The van der Waals surface area contributed by atoms with E-state index in [1.165, 1.54) is 11.8 Å². The van der Waals surface area contributed by atoms with Crippen molar-refractivity contribution >= 4 is 29.1 Å². The smallest absolute Gasteiger partial charge is 0.240 e. The average molecular weight is 331 g/mol. The van der Waals surface area contributed by atoms with Gasteiger partial charge in [0.1, 0.15) is 6.54 Å². The number of carbonyl (C=O) groups is 2. The first-order valence-corrected chi connectivity index (χ1v) is 7.70. The van der Waals surface area contributed by atoms with Crippen molar-refractivity contribution in [2.24, 2.45) is 0 Å². The molecule has 120 valence electrons. The van der Waals surface area contributed by atoms with Crippen molar-refractivity contribution in [2.45, 2.75) is 20.4 Å². The molecular weight excluding hydrogens is 312 g/mol. The lowest BCUT2D eigenvalue weighted by molar-refractivity contribution is -0.123. The molecule has 0 bridgehead atoms. The van der Waals surface area contributed by atoms with Crippen LogP contribution in [0.3, 0.4) is 0 Å². The third-order valence-electron chi connectivity index (χ3n) is 3.56. The van der Waals surface area contributed by atoms with Crippen molar-refractivity contribution in [2.75, 3.05) is 11.4 Å². The quantitative estimate of drug-likeness (QED) is 0.914. The van der Waals surface area contributed by atoms with Crippen molar-refractivity contribution < 1.29 is 9.59 Å². The number of benzene rings is 2. The number of aryl methyl sites for hydroxylation is 1. The predicted molar refractivity (Wildman–Crippen MR) is 92.5 cm³/mol. The zero-order valence-electron chi connectivity index (χ0n) is 13.2. The van der Waals surface area contributed by atoms with E-state index in [1.54, 1.807) is 24.3 Å². The maximum Gasteiger partial charge on any atom is 0.240 e. The minimum Gasteiger partial charge on any atom is -0.350 e. The summed E-state index contributed by atoms with van der Waals surface area (Å²) < 4.78 is 0. The third-order valence-corrected chi connectivity index (χ3v) is 3.81. The molecule has 2 amide bonds. The van der Waals surface area contributed by atoms with E-state index in [4.69, 9.17) is 11.6 Å². The molecule has 2 aromatic rings. The summed E-state index contributed by atoms with van der Waals surface area (Å²) in [5.74, 6) is -0.406. The number of halogens is 1. The van der Waals surface area contributed by atoms with Gasteiger partial charge < -0.3 is 10.2 Å². The molecule has 1 N–H and O–H groups in total. The van der Waals surface area contributed by atoms with Crippen LogP contribution in [0.4, 0.5) is 5.69 Å². The molecule has 0 aliphatic rings. The van der Waals surface area contributed by atoms with Gasteiger partial charge in [0.25, 0.3) is 0 Å². The normalized spacial score (nSPS) is 10.2. The summed E-state index contributed by atoms with van der Waals surface area (Å²) in [5.41, 5.74) is 2.82. The number of anilines is 1. The van der Waals surface area contributed by atoms with E-state index in [0.717, 1.165) is 11.1 Å². The Morgan fingerprint density at radius 3 is 2.35 bits per heavy atom. The van der Waals surface area contributed by atoms with Gasteiger partial charge in [0.15, 0.2) is 0 Å². The van der Waals surface area contributed by atoms with Crippen LogP contribution in [0.25, 0.3) is 0 Å². The standard InChI is InChI=1S/C18H19ClN2O2/c1-13-5-3-4-6-15(13)11-20-18(23)12-21(14(2)22)17-9-7-16(19)8-10-17/h3-10H,11-12H2,1-2H3,(H,20,23). The van der Waals surface area contributed by atoms with Crippen molar-refractivity contribution in [3.63, 3.8) is 0 Å². The first-order chi connectivity index (χ1) is 11.0. The fourth-order valence-electron chi connectivity index (χ4n) is 2.21. The van der Waals surface area contributed by atoms with Gasteiger partial charge in [-0.1, -0.05) is 35.9 Å². The van der Waals surface area contributed by atoms with Gasteiger partial charge in [0.2, 0.25) is 11.8 Å². The topological polar surface area (TPSA) is 49.4 Å². The molecule has 0 atom stereocenters. The monoisotopic (exact) mass is 330 g/mol. The van der Waals surface area contributed by atoms with Crippen LogP contribution in [0.1, 0.15) is 18.1 Å². The highest BCUT2D eigenvalue weighted by molar-refractivity contribution is 6.30. The average Bonchev–Trinajstić information content (AvgIpc) is 2.52. The second-order valence-electron chi connectivity index (χ2n) is 5.28. The van der Waals surface area contributed by atoms with Crippen LogP contribution in [0.5, 0.6) is 0 Å². The lowest BCUT2D eigenvalue weighted by atomic mass is 10.1. The highest BCUT2D eigenvalue weighted by atomic mass is 35.5. The first-order valence-electron chi connectivity index (χ1n) is 7.32. The lowest BCUT2D eigenvalue weighted by Gasteiger charge is -2.21. The molecular formula is C18H19ClN2O2. The molecule has 0 spiro atoms.